The summed E-state index contributed by atoms with van der Waals surface area (Å²) in [6, 6.07) is 16.1. The first-order valence-corrected chi connectivity index (χ1v) is 9.41. The molecule has 0 aromatic heterocycles. The lowest BCUT2D eigenvalue weighted by molar-refractivity contribution is 0.105. The highest BCUT2D eigenvalue weighted by Gasteiger charge is 2.06. The molecule has 1 atom stereocenters. The molecule has 0 aliphatic rings. The van der Waals surface area contributed by atoms with E-state index in [9.17, 15) is 9.90 Å². The average Bonchev–Trinajstić information content (AvgIpc) is 2.74. The molecular formula is C21H28N2O6. The van der Waals surface area contributed by atoms with Crippen molar-refractivity contribution >= 4 is 6.09 Å². The number of methoxy groups -OCH3 is 1. The first-order valence-electron chi connectivity index (χ1n) is 9.41. The topological polar surface area (TPSA) is 98.3 Å². The van der Waals surface area contributed by atoms with Gasteiger partial charge in [0.05, 0.1) is 6.61 Å². The number of benzene rings is 2. The predicted molar refractivity (Wildman–Crippen MR) is 109 cm³/mol. The molecule has 2 aromatic rings. The molecule has 8 heteroatoms. The van der Waals surface area contributed by atoms with Crippen LogP contribution in [-0.4, -0.2) is 63.9 Å². The van der Waals surface area contributed by atoms with E-state index < -0.39 is 12.2 Å². The molecule has 0 heterocycles. The molecule has 0 fully saturated rings. The third-order valence-corrected chi connectivity index (χ3v) is 3.72. The van der Waals surface area contributed by atoms with Gasteiger partial charge in [-0.1, -0.05) is 18.2 Å². The summed E-state index contributed by atoms with van der Waals surface area (Å²) >= 11 is 0. The van der Waals surface area contributed by atoms with E-state index in [-0.39, 0.29) is 6.61 Å². The molecule has 1 unspecified atom stereocenters. The first-order chi connectivity index (χ1) is 14.2. The van der Waals surface area contributed by atoms with E-state index in [4.69, 9.17) is 18.9 Å². The van der Waals surface area contributed by atoms with E-state index in [1.807, 2.05) is 30.3 Å². The molecule has 158 valence electrons. The molecule has 0 aliphatic carbocycles. The van der Waals surface area contributed by atoms with Crippen LogP contribution in [0.5, 0.6) is 17.2 Å². The Morgan fingerprint density at radius 3 is 2.34 bits per heavy atom. The second-order valence-corrected chi connectivity index (χ2v) is 6.11. The third kappa shape index (κ3) is 9.79. The number of carbonyl (C=O) groups excluding carboxylic acids is 1. The minimum Gasteiger partial charge on any atom is -0.492 e. The van der Waals surface area contributed by atoms with Crippen LogP contribution in [0.15, 0.2) is 54.6 Å². The standard InChI is InChI=1S/C21H28N2O6/c1-26-13-12-23-21(25)29-20-9-7-19(8-10-20)27-14-11-22-15-17(24)16-28-18-5-3-2-4-6-18/h2-10,17,22,24H,11-16H2,1H3,(H,23,25). The summed E-state index contributed by atoms with van der Waals surface area (Å²) < 4.78 is 21.1. The van der Waals surface area contributed by atoms with Crippen LogP contribution in [0.1, 0.15) is 0 Å². The zero-order chi connectivity index (χ0) is 20.7. The van der Waals surface area contributed by atoms with Gasteiger partial charge in [-0.25, -0.2) is 4.79 Å². The molecule has 3 N–H and O–H groups in total. The van der Waals surface area contributed by atoms with Crippen molar-refractivity contribution in [3.63, 3.8) is 0 Å². The second-order valence-electron chi connectivity index (χ2n) is 6.11. The van der Waals surface area contributed by atoms with Crippen molar-refractivity contribution in [3.05, 3.63) is 54.6 Å². The quantitative estimate of drug-likeness (QED) is 0.438. The highest BCUT2D eigenvalue weighted by atomic mass is 16.6. The number of hydrogen-bond acceptors (Lipinski definition) is 7. The van der Waals surface area contributed by atoms with Crippen molar-refractivity contribution in [2.45, 2.75) is 6.10 Å². The van der Waals surface area contributed by atoms with Crippen molar-refractivity contribution in [2.75, 3.05) is 46.6 Å². The van der Waals surface area contributed by atoms with Crippen molar-refractivity contribution in [1.82, 2.24) is 10.6 Å². The van der Waals surface area contributed by atoms with E-state index in [0.717, 1.165) is 5.75 Å². The number of hydrogen-bond donors (Lipinski definition) is 3. The van der Waals surface area contributed by atoms with E-state index in [1.165, 1.54) is 0 Å². The molecule has 1 amide bonds. The smallest absolute Gasteiger partial charge is 0.412 e. The largest absolute Gasteiger partial charge is 0.492 e. The fourth-order valence-corrected chi connectivity index (χ4v) is 2.28. The molecule has 0 spiro atoms. The van der Waals surface area contributed by atoms with Crippen LogP contribution in [-0.2, 0) is 4.74 Å². The van der Waals surface area contributed by atoms with Crippen LogP contribution in [0, 0.1) is 0 Å². The monoisotopic (exact) mass is 404 g/mol. The van der Waals surface area contributed by atoms with Gasteiger partial charge in [0.1, 0.15) is 36.6 Å². The summed E-state index contributed by atoms with van der Waals surface area (Å²) in [5, 5.41) is 15.6. The van der Waals surface area contributed by atoms with Crippen LogP contribution in [0.3, 0.4) is 0 Å². The Morgan fingerprint density at radius 1 is 0.931 bits per heavy atom. The lowest BCUT2D eigenvalue weighted by atomic mass is 10.3. The molecule has 29 heavy (non-hydrogen) atoms. The van der Waals surface area contributed by atoms with Crippen molar-refractivity contribution in [2.24, 2.45) is 0 Å². The SMILES string of the molecule is COCCNC(=O)Oc1ccc(OCCNCC(O)COc2ccccc2)cc1. The summed E-state index contributed by atoms with van der Waals surface area (Å²) in [5.74, 6) is 1.81. The van der Waals surface area contributed by atoms with Crippen molar-refractivity contribution in [3.8, 4) is 17.2 Å². The molecule has 0 bridgehead atoms. The molecular weight excluding hydrogens is 376 g/mol. The lowest BCUT2D eigenvalue weighted by Gasteiger charge is -2.13. The summed E-state index contributed by atoms with van der Waals surface area (Å²) in [7, 11) is 1.56. The Balaban J connectivity index is 1.55. The summed E-state index contributed by atoms with van der Waals surface area (Å²) in [6.07, 6.45) is -1.14. The fourth-order valence-electron chi connectivity index (χ4n) is 2.28. The Hall–Kier alpha value is -2.81. The van der Waals surface area contributed by atoms with Crippen LogP contribution in [0.25, 0.3) is 0 Å². The van der Waals surface area contributed by atoms with Gasteiger partial charge in [-0.15, -0.1) is 0 Å². The normalized spacial score (nSPS) is 11.5. The number of rotatable bonds is 13. The van der Waals surface area contributed by atoms with Gasteiger partial charge in [-0.05, 0) is 36.4 Å². The molecule has 2 aromatic carbocycles. The first kappa shape index (κ1) is 22.5. The maximum absolute atomic E-state index is 11.5. The minimum absolute atomic E-state index is 0.221. The van der Waals surface area contributed by atoms with Gasteiger partial charge >= 0.3 is 6.09 Å². The highest BCUT2D eigenvalue weighted by molar-refractivity contribution is 5.70. The zero-order valence-electron chi connectivity index (χ0n) is 16.5. The fraction of sp³-hybridized carbons (Fsp3) is 0.381. The van der Waals surface area contributed by atoms with Gasteiger partial charge in [0, 0.05) is 26.7 Å². The van der Waals surface area contributed by atoms with Gasteiger partial charge in [0.2, 0.25) is 0 Å². The summed E-state index contributed by atoms with van der Waals surface area (Å²) in [6.45, 7) is 2.44. The number of amides is 1. The van der Waals surface area contributed by atoms with Gasteiger partial charge < -0.3 is 34.7 Å². The van der Waals surface area contributed by atoms with Crippen LogP contribution < -0.4 is 24.8 Å². The van der Waals surface area contributed by atoms with Gasteiger partial charge in [-0.3, -0.25) is 0 Å². The van der Waals surface area contributed by atoms with Crippen molar-refractivity contribution in [1.29, 1.82) is 0 Å². The van der Waals surface area contributed by atoms with E-state index in [1.54, 1.807) is 31.4 Å². The second kappa shape index (κ2) is 13.4. The minimum atomic E-state index is -0.610. The molecule has 0 saturated heterocycles. The van der Waals surface area contributed by atoms with E-state index in [2.05, 4.69) is 10.6 Å². The third-order valence-electron chi connectivity index (χ3n) is 3.72. The van der Waals surface area contributed by atoms with Crippen molar-refractivity contribution < 1.29 is 28.8 Å². The van der Waals surface area contributed by atoms with E-state index >= 15 is 0 Å². The summed E-state index contributed by atoms with van der Waals surface area (Å²) in [5.41, 5.74) is 0. The Morgan fingerprint density at radius 2 is 1.62 bits per heavy atom. The molecule has 2 rings (SSSR count). The Kier molecular flexibility index (Phi) is 10.4. The maximum Gasteiger partial charge on any atom is 0.412 e. The number of aliphatic hydroxyl groups excluding tert-OH is 1. The number of nitrogens with one attached hydrogen (secondary N) is 2. The predicted octanol–water partition coefficient (Wildman–Crippen LogP) is 1.83. The van der Waals surface area contributed by atoms with Crippen LogP contribution in [0.4, 0.5) is 4.79 Å². The Labute approximate surface area is 170 Å². The zero-order valence-corrected chi connectivity index (χ0v) is 16.5. The number of ether oxygens (including phenoxy) is 4. The average molecular weight is 404 g/mol. The molecule has 8 nitrogen and oxygen atoms in total. The molecule has 0 aliphatic heterocycles. The number of para-hydroxylation sites is 1. The molecule has 0 saturated carbocycles. The van der Waals surface area contributed by atoms with Crippen LogP contribution in [0.2, 0.25) is 0 Å². The highest BCUT2D eigenvalue weighted by Crippen LogP contribution is 2.17. The van der Waals surface area contributed by atoms with Gasteiger partial charge in [0.25, 0.3) is 0 Å². The number of carbonyl (C=O) groups is 1. The molecule has 0 radical (unpaired) electrons. The van der Waals surface area contributed by atoms with Gasteiger partial charge in [0.15, 0.2) is 0 Å². The van der Waals surface area contributed by atoms with Crippen LogP contribution >= 0.6 is 0 Å². The van der Waals surface area contributed by atoms with E-state index in [0.29, 0.717) is 44.3 Å². The maximum atomic E-state index is 11.5. The summed E-state index contributed by atoms with van der Waals surface area (Å²) in [4.78, 5) is 11.5. The lowest BCUT2D eigenvalue weighted by Crippen LogP contribution is -2.33. The Bertz CT molecular complexity index is 696. The number of aliphatic hydroxyl groups is 1. The van der Waals surface area contributed by atoms with Gasteiger partial charge in [-0.2, -0.15) is 0 Å².